The molecule has 0 unspecified atom stereocenters. The molecule has 0 aliphatic carbocycles. The maximum atomic E-state index is 12.0. The number of nitrogens with one attached hydrogen (secondary N) is 1. The molecule has 2 rings (SSSR count). The van der Waals surface area contributed by atoms with Crippen LogP contribution in [0.2, 0.25) is 0 Å². The first kappa shape index (κ1) is 11.9. The van der Waals surface area contributed by atoms with Gasteiger partial charge in [0, 0.05) is 6.54 Å². The predicted octanol–water partition coefficient (Wildman–Crippen LogP) is 1.43. The van der Waals surface area contributed by atoms with Crippen molar-refractivity contribution in [2.24, 2.45) is 11.1 Å². The third kappa shape index (κ3) is 2.42. The van der Waals surface area contributed by atoms with Crippen molar-refractivity contribution < 1.29 is 4.79 Å². The highest BCUT2D eigenvalue weighted by atomic mass is 16.2. The van der Waals surface area contributed by atoms with E-state index in [-0.39, 0.29) is 11.3 Å². The monoisotopic (exact) mass is 233 g/mol. The maximum absolute atomic E-state index is 12.0. The highest BCUT2D eigenvalue weighted by molar-refractivity contribution is 6.02. The van der Waals surface area contributed by atoms with Gasteiger partial charge >= 0.3 is 0 Å². The summed E-state index contributed by atoms with van der Waals surface area (Å²) in [5, 5.41) is 3.12. The topological polar surface area (TPSA) is 58.4 Å². The molecule has 3 N–H and O–H groups in total. The maximum Gasteiger partial charge on any atom is 0.246 e. The van der Waals surface area contributed by atoms with Crippen LogP contribution in [-0.2, 0) is 4.79 Å². The summed E-state index contributed by atoms with van der Waals surface area (Å²) in [4.78, 5) is 13.8. The summed E-state index contributed by atoms with van der Waals surface area (Å²) in [6.45, 7) is 5.72. The molecule has 0 aromatic heterocycles. The predicted molar refractivity (Wildman–Crippen MR) is 70.1 cm³/mol. The van der Waals surface area contributed by atoms with Crippen molar-refractivity contribution in [2.45, 2.75) is 13.8 Å². The van der Waals surface area contributed by atoms with Crippen LogP contribution in [0.1, 0.15) is 13.8 Å². The third-order valence-corrected chi connectivity index (χ3v) is 3.06. The SMILES string of the molecule is CC(C)(CN)CN1C(=O)CNc2ccccc21. The Labute approximate surface area is 102 Å². The highest BCUT2D eigenvalue weighted by Crippen LogP contribution is 2.31. The zero-order chi connectivity index (χ0) is 12.5. The van der Waals surface area contributed by atoms with E-state index in [1.165, 1.54) is 0 Å². The molecule has 17 heavy (non-hydrogen) atoms. The number of anilines is 2. The Balaban J connectivity index is 2.30. The summed E-state index contributed by atoms with van der Waals surface area (Å²) in [5.41, 5.74) is 7.63. The van der Waals surface area contributed by atoms with Gasteiger partial charge in [-0.15, -0.1) is 0 Å². The molecule has 4 nitrogen and oxygen atoms in total. The molecular weight excluding hydrogens is 214 g/mol. The van der Waals surface area contributed by atoms with E-state index in [1.807, 2.05) is 29.2 Å². The van der Waals surface area contributed by atoms with Gasteiger partial charge in [-0.2, -0.15) is 0 Å². The molecule has 0 fully saturated rings. The summed E-state index contributed by atoms with van der Waals surface area (Å²) in [6, 6.07) is 7.87. The van der Waals surface area contributed by atoms with E-state index in [0.717, 1.165) is 11.4 Å². The number of hydrogen-bond acceptors (Lipinski definition) is 3. The Bertz CT molecular complexity index is 428. The second-order valence-corrected chi connectivity index (χ2v) is 5.22. The fraction of sp³-hybridized carbons (Fsp3) is 0.462. The van der Waals surface area contributed by atoms with E-state index in [4.69, 9.17) is 5.73 Å². The first-order valence-electron chi connectivity index (χ1n) is 5.87. The van der Waals surface area contributed by atoms with Crippen LogP contribution < -0.4 is 16.0 Å². The molecule has 0 radical (unpaired) electrons. The van der Waals surface area contributed by atoms with Crippen LogP contribution in [0, 0.1) is 5.41 Å². The van der Waals surface area contributed by atoms with Crippen molar-refractivity contribution >= 4 is 17.3 Å². The molecule has 0 saturated heterocycles. The molecule has 1 aromatic rings. The van der Waals surface area contributed by atoms with Crippen molar-refractivity contribution in [3.8, 4) is 0 Å². The number of nitrogens with two attached hydrogens (primary N) is 1. The molecule has 0 saturated carbocycles. The normalized spacial score (nSPS) is 15.5. The minimum atomic E-state index is -0.0693. The van der Waals surface area contributed by atoms with Gasteiger partial charge in [-0.3, -0.25) is 4.79 Å². The van der Waals surface area contributed by atoms with Crippen molar-refractivity contribution in [3.05, 3.63) is 24.3 Å². The number of fused-ring (bicyclic) bond motifs is 1. The fourth-order valence-electron chi connectivity index (χ4n) is 1.93. The fourth-order valence-corrected chi connectivity index (χ4v) is 1.93. The van der Waals surface area contributed by atoms with E-state index in [1.54, 1.807) is 0 Å². The Kier molecular flexibility index (Phi) is 3.07. The van der Waals surface area contributed by atoms with Gasteiger partial charge in [0.05, 0.1) is 17.9 Å². The summed E-state index contributed by atoms with van der Waals surface area (Å²) >= 11 is 0. The van der Waals surface area contributed by atoms with Crippen LogP contribution in [0.5, 0.6) is 0 Å². The zero-order valence-corrected chi connectivity index (χ0v) is 10.4. The van der Waals surface area contributed by atoms with E-state index < -0.39 is 0 Å². The lowest BCUT2D eigenvalue weighted by Crippen LogP contribution is -2.46. The number of benzene rings is 1. The number of rotatable bonds is 3. The number of carbonyl (C=O) groups is 1. The van der Waals surface area contributed by atoms with Crippen LogP contribution in [0.25, 0.3) is 0 Å². The largest absolute Gasteiger partial charge is 0.374 e. The molecular formula is C13H19N3O. The summed E-state index contributed by atoms with van der Waals surface area (Å²) < 4.78 is 0. The van der Waals surface area contributed by atoms with Crippen molar-refractivity contribution in [1.29, 1.82) is 0 Å². The Morgan fingerprint density at radius 1 is 1.41 bits per heavy atom. The van der Waals surface area contributed by atoms with Crippen molar-refractivity contribution in [1.82, 2.24) is 0 Å². The first-order chi connectivity index (χ1) is 8.03. The van der Waals surface area contributed by atoms with Crippen LogP contribution >= 0.6 is 0 Å². The van der Waals surface area contributed by atoms with E-state index in [2.05, 4.69) is 19.2 Å². The lowest BCUT2D eigenvalue weighted by molar-refractivity contribution is -0.117. The standard InChI is InChI=1S/C13H19N3O/c1-13(2,8-14)9-16-11-6-4-3-5-10(11)15-7-12(16)17/h3-6,15H,7-9,14H2,1-2H3. The van der Waals surface area contributed by atoms with E-state index in [0.29, 0.717) is 19.6 Å². The average molecular weight is 233 g/mol. The van der Waals surface area contributed by atoms with Crippen LogP contribution in [0.15, 0.2) is 24.3 Å². The van der Waals surface area contributed by atoms with Gasteiger partial charge in [0.25, 0.3) is 0 Å². The lowest BCUT2D eigenvalue weighted by atomic mass is 9.92. The molecule has 0 atom stereocenters. The van der Waals surface area contributed by atoms with Crippen LogP contribution in [0.3, 0.4) is 0 Å². The minimum Gasteiger partial charge on any atom is -0.374 e. The molecule has 1 aliphatic heterocycles. The third-order valence-electron chi connectivity index (χ3n) is 3.06. The number of carbonyl (C=O) groups excluding carboxylic acids is 1. The molecule has 1 heterocycles. The molecule has 1 aliphatic rings. The number of nitrogens with zero attached hydrogens (tertiary/aromatic N) is 1. The number of amides is 1. The lowest BCUT2D eigenvalue weighted by Gasteiger charge is -2.35. The van der Waals surface area contributed by atoms with E-state index >= 15 is 0 Å². The van der Waals surface area contributed by atoms with Crippen molar-refractivity contribution in [3.63, 3.8) is 0 Å². The average Bonchev–Trinajstić information content (AvgIpc) is 2.33. The van der Waals surface area contributed by atoms with Gasteiger partial charge in [0.15, 0.2) is 0 Å². The summed E-state index contributed by atoms with van der Waals surface area (Å²) in [6.07, 6.45) is 0. The zero-order valence-electron chi connectivity index (χ0n) is 10.4. The van der Waals surface area contributed by atoms with E-state index in [9.17, 15) is 4.79 Å². The summed E-state index contributed by atoms with van der Waals surface area (Å²) in [5.74, 6) is 0.102. The van der Waals surface area contributed by atoms with Gasteiger partial charge in [0.1, 0.15) is 0 Å². The number of para-hydroxylation sites is 2. The first-order valence-corrected chi connectivity index (χ1v) is 5.87. The molecule has 92 valence electrons. The molecule has 0 spiro atoms. The quantitative estimate of drug-likeness (QED) is 0.830. The molecule has 1 amide bonds. The summed E-state index contributed by atoms with van der Waals surface area (Å²) in [7, 11) is 0. The Morgan fingerprint density at radius 3 is 2.82 bits per heavy atom. The Morgan fingerprint density at radius 2 is 2.12 bits per heavy atom. The molecule has 1 aromatic carbocycles. The van der Waals surface area contributed by atoms with Crippen LogP contribution in [0.4, 0.5) is 11.4 Å². The molecule has 0 bridgehead atoms. The second-order valence-electron chi connectivity index (χ2n) is 5.22. The smallest absolute Gasteiger partial charge is 0.246 e. The highest BCUT2D eigenvalue weighted by Gasteiger charge is 2.28. The van der Waals surface area contributed by atoms with Gasteiger partial charge in [-0.05, 0) is 24.1 Å². The van der Waals surface area contributed by atoms with Gasteiger partial charge in [-0.1, -0.05) is 26.0 Å². The number of hydrogen-bond donors (Lipinski definition) is 2. The van der Waals surface area contributed by atoms with Gasteiger partial charge < -0.3 is 16.0 Å². The van der Waals surface area contributed by atoms with Crippen molar-refractivity contribution in [2.75, 3.05) is 29.9 Å². The molecule has 4 heteroatoms. The van der Waals surface area contributed by atoms with Crippen LogP contribution in [-0.4, -0.2) is 25.5 Å². The second kappa shape index (κ2) is 4.37. The minimum absolute atomic E-state index is 0.0693. The Hall–Kier alpha value is -1.55. The van der Waals surface area contributed by atoms with Gasteiger partial charge in [-0.25, -0.2) is 0 Å². The van der Waals surface area contributed by atoms with Gasteiger partial charge in [0.2, 0.25) is 5.91 Å².